The van der Waals surface area contributed by atoms with E-state index in [1.807, 2.05) is 97.1 Å². The van der Waals surface area contributed by atoms with Crippen molar-refractivity contribution in [1.29, 1.82) is 0 Å². The van der Waals surface area contributed by atoms with Crippen molar-refractivity contribution in [2.75, 3.05) is 27.8 Å². The average Bonchev–Trinajstić information content (AvgIpc) is 3.06. The van der Waals surface area contributed by atoms with Gasteiger partial charge in [-0.15, -0.1) is 13.2 Å². The molecule has 0 radical (unpaired) electrons. The summed E-state index contributed by atoms with van der Waals surface area (Å²) in [5, 5.41) is 18.5. The SMILES string of the molecule is C=CC(/C=C\c1ccc(O)cc1)c1ccc(O)cc1.C=CC(/C=C\c1ccc(OCOC)cc1)c1ccc(OCOC)cc1. The van der Waals surface area contributed by atoms with Crippen LogP contribution in [-0.2, 0) is 9.47 Å². The van der Waals surface area contributed by atoms with Gasteiger partial charge in [0.05, 0.1) is 0 Å². The quantitative estimate of drug-likeness (QED) is 0.113. The maximum Gasteiger partial charge on any atom is 0.188 e. The second kappa shape index (κ2) is 18.5. The van der Waals surface area contributed by atoms with Crippen LogP contribution in [0, 0.1) is 0 Å². The Bertz CT molecular complexity index is 1450. The van der Waals surface area contributed by atoms with Gasteiger partial charge in [-0.3, -0.25) is 0 Å². The average molecular weight is 593 g/mol. The van der Waals surface area contributed by atoms with Crippen molar-refractivity contribution >= 4 is 12.2 Å². The van der Waals surface area contributed by atoms with E-state index in [-0.39, 0.29) is 36.9 Å². The van der Waals surface area contributed by atoms with Gasteiger partial charge in [0.25, 0.3) is 0 Å². The largest absolute Gasteiger partial charge is 0.508 e. The summed E-state index contributed by atoms with van der Waals surface area (Å²) in [4.78, 5) is 0. The molecule has 4 rings (SSSR count). The van der Waals surface area contributed by atoms with Crippen LogP contribution in [0.1, 0.15) is 34.1 Å². The lowest BCUT2D eigenvalue weighted by Crippen LogP contribution is -1.99. The van der Waals surface area contributed by atoms with Crippen LogP contribution in [0.2, 0.25) is 0 Å². The lowest BCUT2D eigenvalue weighted by atomic mass is 9.98. The third kappa shape index (κ3) is 11.3. The van der Waals surface area contributed by atoms with E-state index in [9.17, 15) is 10.2 Å². The van der Waals surface area contributed by atoms with E-state index in [4.69, 9.17) is 18.9 Å². The highest BCUT2D eigenvalue weighted by Crippen LogP contribution is 2.24. The molecule has 228 valence electrons. The Kier molecular flexibility index (Phi) is 14.1. The normalized spacial score (nSPS) is 12.2. The van der Waals surface area contributed by atoms with Crippen molar-refractivity contribution in [2.45, 2.75) is 11.8 Å². The van der Waals surface area contributed by atoms with Crippen LogP contribution >= 0.6 is 0 Å². The molecule has 2 unspecified atom stereocenters. The molecule has 44 heavy (non-hydrogen) atoms. The second-order valence-electron chi connectivity index (χ2n) is 9.66. The molecule has 0 spiro atoms. The van der Waals surface area contributed by atoms with E-state index in [2.05, 4.69) is 25.3 Å². The minimum atomic E-state index is 0.0920. The van der Waals surface area contributed by atoms with Crippen molar-refractivity contribution < 1.29 is 29.2 Å². The van der Waals surface area contributed by atoms with Crippen LogP contribution in [0.3, 0.4) is 0 Å². The third-order valence-corrected chi connectivity index (χ3v) is 6.50. The van der Waals surface area contributed by atoms with Gasteiger partial charge in [-0.2, -0.15) is 0 Å². The summed E-state index contributed by atoms with van der Waals surface area (Å²) in [5.41, 5.74) is 4.33. The maximum absolute atomic E-state index is 9.28. The molecule has 0 saturated carbocycles. The molecule has 0 amide bonds. The van der Waals surface area contributed by atoms with E-state index in [0.29, 0.717) is 0 Å². The number of phenols is 2. The first kappa shape index (κ1) is 33.5. The van der Waals surface area contributed by atoms with Crippen molar-refractivity contribution in [1.82, 2.24) is 0 Å². The van der Waals surface area contributed by atoms with Crippen molar-refractivity contribution in [2.24, 2.45) is 0 Å². The minimum absolute atomic E-state index is 0.0920. The fraction of sp³-hybridized carbons (Fsp3) is 0.158. The molecule has 0 aliphatic carbocycles. The van der Waals surface area contributed by atoms with E-state index in [1.54, 1.807) is 38.5 Å². The van der Waals surface area contributed by atoms with Gasteiger partial charge in [0.1, 0.15) is 23.0 Å². The van der Waals surface area contributed by atoms with Gasteiger partial charge in [-0.1, -0.05) is 85.0 Å². The Morgan fingerprint density at radius 1 is 0.545 bits per heavy atom. The molecule has 0 bridgehead atoms. The number of hydrogen-bond donors (Lipinski definition) is 2. The van der Waals surface area contributed by atoms with E-state index >= 15 is 0 Å². The summed E-state index contributed by atoms with van der Waals surface area (Å²) in [6, 6.07) is 29.9. The maximum atomic E-state index is 9.28. The Morgan fingerprint density at radius 3 is 1.27 bits per heavy atom. The molecule has 2 atom stereocenters. The predicted molar refractivity (Wildman–Crippen MR) is 178 cm³/mol. The van der Waals surface area contributed by atoms with Gasteiger partial charge in [0, 0.05) is 26.1 Å². The summed E-state index contributed by atoms with van der Waals surface area (Å²) in [6.45, 7) is 8.26. The van der Waals surface area contributed by atoms with E-state index < -0.39 is 0 Å². The third-order valence-electron chi connectivity index (χ3n) is 6.50. The molecule has 0 aromatic heterocycles. The smallest absolute Gasteiger partial charge is 0.188 e. The molecular weight excluding hydrogens is 552 g/mol. The van der Waals surface area contributed by atoms with Crippen molar-refractivity contribution in [3.05, 3.63) is 157 Å². The molecule has 0 aliphatic rings. The van der Waals surface area contributed by atoms with Gasteiger partial charge in [-0.05, 0) is 70.8 Å². The zero-order valence-electron chi connectivity index (χ0n) is 25.2. The number of aromatic hydroxyl groups is 2. The first-order chi connectivity index (χ1) is 21.4. The molecule has 0 fully saturated rings. The number of ether oxygens (including phenoxy) is 4. The topological polar surface area (TPSA) is 77.4 Å². The van der Waals surface area contributed by atoms with Crippen LogP contribution < -0.4 is 9.47 Å². The van der Waals surface area contributed by atoms with Gasteiger partial charge >= 0.3 is 0 Å². The van der Waals surface area contributed by atoms with Gasteiger partial charge in [-0.25, -0.2) is 0 Å². The molecule has 2 N–H and O–H groups in total. The Balaban J connectivity index is 0.000000249. The molecule has 0 aliphatic heterocycles. The number of phenolic OH excluding ortho intramolecular Hbond substituents is 2. The van der Waals surface area contributed by atoms with Crippen LogP contribution in [-0.4, -0.2) is 38.0 Å². The molecule has 0 heterocycles. The second-order valence-corrected chi connectivity index (χ2v) is 9.66. The Labute approximate surface area is 260 Å². The fourth-order valence-corrected chi connectivity index (χ4v) is 4.08. The summed E-state index contributed by atoms with van der Waals surface area (Å²) in [7, 11) is 3.20. The lowest BCUT2D eigenvalue weighted by molar-refractivity contribution is 0.0509. The van der Waals surface area contributed by atoms with Crippen LogP contribution in [0.15, 0.2) is 135 Å². The number of allylic oxidation sites excluding steroid dienone is 4. The first-order valence-corrected chi connectivity index (χ1v) is 14.1. The molecule has 6 nitrogen and oxygen atoms in total. The zero-order valence-corrected chi connectivity index (χ0v) is 25.2. The standard InChI is InChI=1S/C21H24O4.C17H16O2/c1-4-18(19-9-13-21(14-10-19)25-16-23-3)8-5-17-6-11-20(12-7-17)24-15-22-2;1-2-14(15-7-11-17(19)12-8-15)6-3-13-4-9-16(18)10-5-13/h4-14,18H,1,15-16H2,2-3H3;2-12,14,18-19H,1H2/b8-5-;6-3-. The predicted octanol–water partition coefficient (Wildman–Crippen LogP) is 8.72. The fourth-order valence-electron chi connectivity index (χ4n) is 4.08. The molecule has 4 aromatic rings. The van der Waals surface area contributed by atoms with Gasteiger partial charge in [0.2, 0.25) is 0 Å². The number of hydrogen-bond acceptors (Lipinski definition) is 6. The van der Waals surface area contributed by atoms with E-state index in [0.717, 1.165) is 33.8 Å². The molecule has 0 saturated heterocycles. The summed E-state index contributed by atoms with van der Waals surface area (Å²) in [6.07, 6.45) is 12.0. The van der Waals surface area contributed by atoms with E-state index in [1.165, 1.54) is 0 Å². The van der Waals surface area contributed by atoms with Crippen LogP contribution in [0.4, 0.5) is 0 Å². The van der Waals surface area contributed by atoms with Crippen LogP contribution in [0.5, 0.6) is 23.0 Å². The number of rotatable bonds is 14. The van der Waals surface area contributed by atoms with Crippen molar-refractivity contribution in [3.63, 3.8) is 0 Å². The van der Waals surface area contributed by atoms with Gasteiger partial charge in [0.15, 0.2) is 13.6 Å². The zero-order chi connectivity index (χ0) is 31.6. The number of methoxy groups -OCH3 is 2. The highest BCUT2D eigenvalue weighted by Gasteiger charge is 2.05. The Hall–Kier alpha value is -5.04. The lowest BCUT2D eigenvalue weighted by Gasteiger charge is -2.10. The highest BCUT2D eigenvalue weighted by molar-refractivity contribution is 5.54. The van der Waals surface area contributed by atoms with Gasteiger partial charge < -0.3 is 29.2 Å². The van der Waals surface area contributed by atoms with Crippen molar-refractivity contribution in [3.8, 4) is 23.0 Å². The minimum Gasteiger partial charge on any atom is -0.508 e. The summed E-state index contributed by atoms with van der Waals surface area (Å²) in [5.74, 6) is 2.30. The summed E-state index contributed by atoms with van der Waals surface area (Å²) >= 11 is 0. The summed E-state index contributed by atoms with van der Waals surface area (Å²) < 4.78 is 20.6. The first-order valence-electron chi connectivity index (χ1n) is 14.1. The Morgan fingerprint density at radius 2 is 0.886 bits per heavy atom. The monoisotopic (exact) mass is 592 g/mol. The highest BCUT2D eigenvalue weighted by atomic mass is 16.7. The molecular formula is C38H40O6. The molecule has 6 heteroatoms. The molecule has 4 aromatic carbocycles. The number of benzene rings is 4. The van der Waals surface area contributed by atoms with Crippen LogP contribution in [0.25, 0.3) is 12.2 Å².